The molecule has 4 nitrogen and oxygen atoms in total. The van der Waals surface area contributed by atoms with Crippen LogP contribution in [0.15, 0.2) is 36.4 Å². The molecule has 2 N–H and O–H groups in total. The summed E-state index contributed by atoms with van der Waals surface area (Å²) in [6, 6.07) is 9.58. The van der Waals surface area contributed by atoms with Crippen LogP contribution in [-0.4, -0.2) is 13.1 Å². The Hall–Kier alpha value is -2.56. The third-order valence-corrected chi connectivity index (χ3v) is 3.06. The highest BCUT2D eigenvalue weighted by atomic mass is 19.1. The van der Waals surface area contributed by atoms with E-state index in [0.717, 1.165) is 5.56 Å². The van der Waals surface area contributed by atoms with Crippen LogP contribution in [0.5, 0.6) is 5.75 Å². The van der Waals surface area contributed by atoms with Gasteiger partial charge in [0.2, 0.25) is 0 Å². The Morgan fingerprint density at radius 2 is 1.90 bits per heavy atom. The van der Waals surface area contributed by atoms with Crippen LogP contribution >= 0.6 is 0 Å². The zero-order valence-electron chi connectivity index (χ0n) is 11.9. The van der Waals surface area contributed by atoms with Gasteiger partial charge in [0.1, 0.15) is 18.2 Å². The Bertz CT molecular complexity index is 653. The van der Waals surface area contributed by atoms with Crippen LogP contribution in [0.2, 0.25) is 0 Å². The van der Waals surface area contributed by atoms with Crippen molar-refractivity contribution in [2.75, 3.05) is 12.8 Å². The third kappa shape index (κ3) is 3.51. The molecular weight excluding hydrogens is 273 g/mol. The second-order valence-corrected chi connectivity index (χ2v) is 4.62. The van der Waals surface area contributed by atoms with Gasteiger partial charge in [0.25, 0.3) is 0 Å². The Morgan fingerprint density at radius 1 is 1.24 bits per heavy atom. The summed E-state index contributed by atoms with van der Waals surface area (Å²) in [5, 5.41) is 0. The lowest BCUT2D eigenvalue weighted by molar-refractivity contribution is 0.0600. The second-order valence-electron chi connectivity index (χ2n) is 4.62. The summed E-state index contributed by atoms with van der Waals surface area (Å²) in [5.74, 6) is -0.456. The minimum absolute atomic E-state index is 0.230. The molecule has 0 fully saturated rings. The van der Waals surface area contributed by atoms with E-state index in [0.29, 0.717) is 22.6 Å². The first-order valence-electron chi connectivity index (χ1n) is 6.37. The van der Waals surface area contributed by atoms with Crippen LogP contribution in [-0.2, 0) is 11.3 Å². The van der Waals surface area contributed by atoms with Crippen molar-refractivity contribution in [2.45, 2.75) is 13.5 Å². The smallest absolute Gasteiger partial charge is 0.337 e. The molecule has 0 saturated heterocycles. The van der Waals surface area contributed by atoms with Crippen molar-refractivity contribution in [3.63, 3.8) is 0 Å². The minimum Gasteiger partial charge on any atom is -0.487 e. The van der Waals surface area contributed by atoms with Crippen molar-refractivity contribution in [1.29, 1.82) is 0 Å². The topological polar surface area (TPSA) is 61.5 Å². The van der Waals surface area contributed by atoms with Gasteiger partial charge < -0.3 is 15.2 Å². The average molecular weight is 289 g/mol. The van der Waals surface area contributed by atoms with Crippen LogP contribution < -0.4 is 10.5 Å². The molecule has 0 spiro atoms. The molecule has 0 aliphatic rings. The number of carbonyl (C=O) groups is 1. The minimum atomic E-state index is -0.396. The maximum Gasteiger partial charge on any atom is 0.337 e. The van der Waals surface area contributed by atoms with Crippen molar-refractivity contribution in [3.8, 4) is 5.75 Å². The molecule has 0 bridgehead atoms. The maximum absolute atomic E-state index is 13.5. The monoisotopic (exact) mass is 289 g/mol. The number of nitrogens with two attached hydrogens (primary N) is 1. The molecule has 0 saturated carbocycles. The highest BCUT2D eigenvalue weighted by molar-refractivity contribution is 5.89. The lowest BCUT2D eigenvalue weighted by Crippen LogP contribution is -2.03. The van der Waals surface area contributed by atoms with E-state index >= 15 is 0 Å². The molecule has 0 aliphatic carbocycles. The summed E-state index contributed by atoms with van der Waals surface area (Å²) in [7, 11) is 1.33. The molecular formula is C16H16FNO3. The molecule has 0 radical (unpaired) electrons. The van der Waals surface area contributed by atoms with Gasteiger partial charge in [0, 0.05) is 6.07 Å². The molecule has 21 heavy (non-hydrogen) atoms. The zero-order chi connectivity index (χ0) is 15.4. The number of esters is 1. The summed E-state index contributed by atoms with van der Waals surface area (Å²) in [5.41, 5.74) is 7.94. The van der Waals surface area contributed by atoms with Gasteiger partial charge in [-0.1, -0.05) is 12.1 Å². The molecule has 2 aromatic carbocycles. The zero-order valence-corrected chi connectivity index (χ0v) is 11.9. The van der Waals surface area contributed by atoms with E-state index < -0.39 is 5.97 Å². The van der Waals surface area contributed by atoms with Gasteiger partial charge in [0.05, 0.1) is 18.4 Å². The summed E-state index contributed by atoms with van der Waals surface area (Å²) in [6.07, 6.45) is 0. The summed E-state index contributed by atoms with van der Waals surface area (Å²) in [4.78, 5) is 11.3. The Labute approximate surface area is 122 Å². The van der Waals surface area contributed by atoms with E-state index in [1.165, 1.54) is 19.2 Å². The van der Waals surface area contributed by atoms with Gasteiger partial charge in [-0.25, -0.2) is 9.18 Å². The van der Waals surface area contributed by atoms with Crippen molar-refractivity contribution >= 4 is 11.7 Å². The summed E-state index contributed by atoms with van der Waals surface area (Å²) in [6.45, 7) is 1.87. The van der Waals surface area contributed by atoms with Crippen molar-refractivity contribution < 1.29 is 18.7 Å². The third-order valence-electron chi connectivity index (χ3n) is 3.06. The predicted molar refractivity (Wildman–Crippen MR) is 77.7 cm³/mol. The first-order valence-corrected chi connectivity index (χ1v) is 6.37. The fraction of sp³-hybridized carbons (Fsp3) is 0.188. The largest absolute Gasteiger partial charge is 0.487 e. The number of carbonyl (C=O) groups excluding carboxylic acids is 1. The first-order chi connectivity index (χ1) is 10.0. The standard InChI is InChI=1S/C16H16FNO3/c1-10-7-14(18)15(8-13(10)17)21-9-11-3-5-12(6-4-11)16(19)20-2/h3-8H,9,18H2,1-2H3. The number of nitrogen functional groups attached to an aromatic ring is 1. The van der Waals surface area contributed by atoms with Crippen LogP contribution in [0.25, 0.3) is 0 Å². The van der Waals surface area contributed by atoms with Crippen molar-refractivity contribution in [2.24, 2.45) is 0 Å². The van der Waals surface area contributed by atoms with E-state index in [1.807, 2.05) is 0 Å². The normalized spacial score (nSPS) is 10.2. The first kappa shape index (κ1) is 14.8. The highest BCUT2D eigenvalue weighted by Crippen LogP contribution is 2.25. The molecule has 0 aliphatic heterocycles. The molecule has 5 heteroatoms. The SMILES string of the molecule is COC(=O)c1ccc(COc2cc(F)c(C)cc2N)cc1. The van der Waals surface area contributed by atoms with E-state index in [1.54, 1.807) is 31.2 Å². The molecule has 0 atom stereocenters. The fourth-order valence-corrected chi connectivity index (χ4v) is 1.83. The number of aryl methyl sites for hydroxylation is 1. The van der Waals surface area contributed by atoms with Gasteiger partial charge >= 0.3 is 5.97 Å². The number of halogens is 1. The van der Waals surface area contributed by atoms with Crippen LogP contribution in [0.3, 0.4) is 0 Å². The van der Waals surface area contributed by atoms with E-state index in [4.69, 9.17) is 10.5 Å². The lowest BCUT2D eigenvalue weighted by atomic mass is 10.1. The fourth-order valence-electron chi connectivity index (χ4n) is 1.83. The van der Waals surface area contributed by atoms with Gasteiger partial charge in [-0.3, -0.25) is 0 Å². The van der Waals surface area contributed by atoms with Crippen molar-refractivity contribution in [3.05, 3.63) is 58.9 Å². The number of hydrogen-bond donors (Lipinski definition) is 1. The Balaban J connectivity index is 2.06. The van der Waals surface area contributed by atoms with Crippen LogP contribution in [0.1, 0.15) is 21.5 Å². The number of benzene rings is 2. The molecule has 0 heterocycles. The summed E-state index contributed by atoms with van der Waals surface area (Å²) < 4.78 is 23.6. The number of hydrogen-bond acceptors (Lipinski definition) is 4. The second kappa shape index (κ2) is 6.26. The molecule has 110 valence electrons. The van der Waals surface area contributed by atoms with Crippen LogP contribution in [0.4, 0.5) is 10.1 Å². The van der Waals surface area contributed by atoms with Crippen LogP contribution in [0, 0.1) is 12.7 Å². The maximum atomic E-state index is 13.5. The Kier molecular flexibility index (Phi) is 4.42. The van der Waals surface area contributed by atoms with Gasteiger partial charge in [-0.2, -0.15) is 0 Å². The number of methoxy groups -OCH3 is 1. The van der Waals surface area contributed by atoms with Gasteiger partial charge in [-0.15, -0.1) is 0 Å². The van der Waals surface area contributed by atoms with Gasteiger partial charge in [-0.05, 0) is 36.2 Å². The van der Waals surface area contributed by atoms with Gasteiger partial charge in [0.15, 0.2) is 0 Å². The highest BCUT2D eigenvalue weighted by Gasteiger charge is 2.08. The molecule has 2 rings (SSSR count). The Morgan fingerprint density at radius 3 is 2.52 bits per heavy atom. The van der Waals surface area contributed by atoms with E-state index in [2.05, 4.69) is 4.74 Å². The number of anilines is 1. The lowest BCUT2D eigenvalue weighted by Gasteiger charge is -2.10. The van der Waals surface area contributed by atoms with E-state index in [9.17, 15) is 9.18 Å². The predicted octanol–water partition coefficient (Wildman–Crippen LogP) is 3.08. The molecule has 0 amide bonds. The van der Waals surface area contributed by atoms with Crippen molar-refractivity contribution in [1.82, 2.24) is 0 Å². The molecule has 2 aromatic rings. The average Bonchev–Trinajstić information content (AvgIpc) is 2.49. The molecule has 0 aromatic heterocycles. The summed E-state index contributed by atoms with van der Waals surface area (Å²) >= 11 is 0. The van der Waals surface area contributed by atoms with E-state index in [-0.39, 0.29) is 12.4 Å². The quantitative estimate of drug-likeness (QED) is 0.694. The number of ether oxygens (including phenoxy) is 2. The molecule has 0 unspecified atom stereocenters. The number of rotatable bonds is 4.